The van der Waals surface area contributed by atoms with E-state index < -0.39 is 6.03 Å². The van der Waals surface area contributed by atoms with Crippen LogP contribution in [-0.2, 0) is 4.79 Å². The Bertz CT molecular complexity index is 184. The van der Waals surface area contributed by atoms with Gasteiger partial charge in [-0.1, -0.05) is 0 Å². The zero-order chi connectivity index (χ0) is 10.8. The molecule has 0 fully saturated rings. The standard InChI is InChI=1S/C8H18N4O2/c9-6-7(13)11-4-2-1-3-5-12-8(10)14/h1-6,9H2,(H,11,13)(H3,10,12,14). The number of primary amides is 1. The van der Waals surface area contributed by atoms with E-state index in [1.807, 2.05) is 0 Å². The lowest BCUT2D eigenvalue weighted by atomic mass is 10.2. The summed E-state index contributed by atoms with van der Waals surface area (Å²) < 4.78 is 0. The molecule has 6 N–H and O–H groups in total. The van der Waals surface area contributed by atoms with Crippen molar-refractivity contribution in [1.29, 1.82) is 0 Å². The second-order valence-corrected chi connectivity index (χ2v) is 2.91. The van der Waals surface area contributed by atoms with Gasteiger partial charge in [0.1, 0.15) is 0 Å². The van der Waals surface area contributed by atoms with Crippen LogP contribution in [0.4, 0.5) is 4.79 Å². The Morgan fingerprint density at radius 3 is 2.07 bits per heavy atom. The Hall–Kier alpha value is -1.30. The number of amides is 3. The number of rotatable bonds is 7. The average Bonchev–Trinajstić information content (AvgIpc) is 2.15. The van der Waals surface area contributed by atoms with Gasteiger partial charge in [-0.15, -0.1) is 0 Å². The Kier molecular flexibility index (Phi) is 7.53. The lowest BCUT2D eigenvalue weighted by molar-refractivity contribution is -0.119. The van der Waals surface area contributed by atoms with Crippen LogP contribution in [0.3, 0.4) is 0 Å². The number of carbonyl (C=O) groups is 2. The van der Waals surface area contributed by atoms with Gasteiger partial charge in [0.25, 0.3) is 0 Å². The molecule has 0 aliphatic carbocycles. The van der Waals surface area contributed by atoms with Crippen molar-refractivity contribution in [1.82, 2.24) is 10.6 Å². The fourth-order valence-electron chi connectivity index (χ4n) is 0.938. The molecule has 0 radical (unpaired) electrons. The van der Waals surface area contributed by atoms with Gasteiger partial charge in [0.15, 0.2) is 0 Å². The molecule has 0 spiro atoms. The molecule has 0 saturated carbocycles. The first-order valence-corrected chi connectivity index (χ1v) is 4.67. The molecule has 0 aromatic rings. The lowest BCUT2D eigenvalue weighted by Crippen LogP contribution is -2.31. The van der Waals surface area contributed by atoms with Crippen LogP contribution in [0.25, 0.3) is 0 Å². The van der Waals surface area contributed by atoms with Gasteiger partial charge in [0.2, 0.25) is 5.91 Å². The average molecular weight is 202 g/mol. The van der Waals surface area contributed by atoms with Crippen LogP contribution in [0.1, 0.15) is 19.3 Å². The highest BCUT2D eigenvalue weighted by molar-refractivity contribution is 5.77. The highest BCUT2D eigenvalue weighted by Crippen LogP contribution is 1.91. The van der Waals surface area contributed by atoms with Crippen LogP contribution in [-0.4, -0.2) is 31.6 Å². The molecule has 0 bridgehead atoms. The first-order chi connectivity index (χ1) is 6.66. The van der Waals surface area contributed by atoms with Crippen LogP contribution in [0.5, 0.6) is 0 Å². The number of urea groups is 1. The van der Waals surface area contributed by atoms with Crippen molar-refractivity contribution in [2.24, 2.45) is 11.5 Å². The number of hydrogen-bond donors (Lipinski definition) is 4. The van der Waals surface area contributed by atoms with E-state index in [-0.39, 0.29) is 12.5 Å². The van der Waals surface area contributed by atoms with E-state index in [0.717, 1.165) is 19.3 Å². The van der Waals surface area contributed by atoms with Gasteiger partial charge < -0.3 is 22.1 Å². The van der Waals surface area contributed by atoms with E-state index in [2.05, 4.69) is 10.6 Å². The fraction of sp³-hybridized carbons (Fsp3) is 0.750. The summed E-state index contributed by atoms with van der Waals surface area (Å²) in [6.45, 7) is 1.25. The van der Waals surface area contributed by atoms with Crippen molar-refractivity contribution in [2.45, 2.75) is 19.3 Å². The summed E-state index contributed by atoms with van der Waals surface area (Å²) in [5, 5.41) is 5.14. The monoisotopic (exact) mass is 202 g/mol. The third-order valence-corrected chi connectivity index (χ3v) is 1.66. The number of unbranched alkanes of at least 4 members (excludes halogenated alkanes) is 2. The Labute approximate surface area is 83.4 Å². The summed E-state index contributed by atoms with van der Waals surface area (Å²) in [4.78, 5) is 20.9. The third kappa shape index (κ3) is 8.79. The molecule has 82 valence electrons. The van der Waals surface area contributed by atoms with Crippen LogP contribution < -0.4 is 22.1 Å². The highest BCUT2D eigenvalue weighted by atomic mass is 16.2. The van der Waals surface area contributed by atoms with Crippen LogP contribution in [0.15, 0.2) is 0 Å². The Balaban J connectivity index is 3.06. The van der Waals surface area contributed by atoms with E-state index in [4.69, 9.17) is 11.5 Å². The molecule has 14 heavy (non-hydrogen) atoms. The van der Waals surface area contributed by atoms with E-state index in [1.54, 1.807) is 0 Å². The number of nitrogens with two attached hydrogens (primary N) is 2. The third-order valence-electron chi connectivity index (χ3n) is 1.66. The Morgan fingerprint density at radius 2 is 1.57 bits per heavy atom. The highest BCUT2D eigenvalue weighted by Gasteiger charge is 1.95. The van der Waals surface area contributed by atoms with E-state index in [1.165, 1.54) is 0 Å². The second-order valence-electron chi connectivity index (χ2n) is 2.91. The van der Waals surface area contributed by atoms with Crippen molar-refractivity contribution >= 4 is 11.9 Å². The molecule has 3 amide bonds. The molecule has 0 aromatic heterocycles. The zero-order valence-corrected chi connectivity index (χ0v) is 8.21. The largest absolute Gasteiger partial charge is 0.355 e. The second kappa shape index (κ2) is 8.31. The molecular formula is C8H18N4O2. The zero-order valence-electron chi connectivity index (χ0n) is 8.21. The van der Waals surface area contributed by atoms with Gasteiger partial charge in [-0.2, -0.15) is 0 Å². The van der Waals surface area contributed by atoms with Gasteiger partial charge in [0, 0.05) is 13.1 Å². The van der Waals surface area contributed by atoms with Crippen molar-refractivity contribution in [3.8, 4) is 0 Å². The predicted molar refractivity (Wildman–Crippen MR) is 53.5 cm³/mol. The maximum absolute atomic E-state index is 10.7. The number of hydrogen-bond acceptors (Lipinski definition) is 3. The number of carbonyl (C=O) groups excluding carboxylic acids is 2. The molecule has 0 heterocycles. The maximum Gasteiger partial charge on any atom is 0.312 e. The van der Waals surface area contributed by atoms with Crippen LogP contribution >= 0.6 is 0 Å². The SMILES string of the molecule is NCC(=O)NCCCCCNC(N)=O. The summed E-state index contributed by atoms with van der Waals surface area (Å²) in [5.41, 5.74) is 9.96. The van der Waals surface area contributed by atoms with E-state index >= 15 is 0 Å². The van der Waals surface area contributed by atoms with Crippen LogP contribution in [0.2, 0.25) is 0 Å². The van der Waals surface area contributed by atoms with Gasteiger partial charge in [-0.05, 0) is 19.3 Å². The topological polar surface area (TPSA) is 110 Å². The van der Waals surface area contributed by atoms with E-state index in [0.29, 0.717) is 13.1 Å². The normalized spacial score (nSPS) is 9.50. The maximum atomic E-state index is 10.7. The molecule has 0 aliphatic heterocycles. The molecule has 0 aromatic carbocycles. The molecule has 0 unspecified atom stereocenters. The quantitative estimate of drug-likeness (QED) is 0.393. The first-order valence-electron chi connectivity index (χ1n) is 4.67. The van der Waals surface area contributed by atoms with E-state index in [9.17, 15) is 9.59 Å². The lowest BCUT2D eigenvalue weighted by Gasteiger charge is -2.03. The van der Waals surface area contributed by atoms with Crippen molar-refractivity contribution < 1.29 is 9.59 Å². The fourth-order valence-corrected chi connectivity index (χ4v) is 0.938. The Morgan fingerprint density at radius 1 is 1.00 bits per heavy atom. The minimum Gasteiger partial charge on any atom is -0.355 e. The molecule has 0 atom stereocenters. The molecular weight excluding hydrogens is 184 g/mol. The summed E-state index contributed by atoms with van der Waals surface area (Å²) in [6.07, 6.45) is 2.68. The molecule has 0 saturated heterocycles. The molecule has 6 nitrogen and oxygen atoms in total. The minimum absolute atomic E-state index is 0.0310. The van der Waals surface area contributed by atoms with Gasteiger partial charge in [0.05, 0.1) is 6.54 Å². The minimum atomic E-state index is -0.499. The predicted octanol–water partition coefficient (Wildman–Crippen LogP) is -1.10. The van der Waals surface area contributed by atoms with Gasteiger partial charge >= 0.3 is 6.03 Å². The van der Waals surface area contributed by atoms with Crippen LogP contribution in [0, 0.1) is 0 Å². The summed E-state index contributed by atoms with van der Waals surface area (Å²) in [6, 6.07) is -0.499. The molecule has 0 rings (SSSR count). The summed E-state index contributed by atoms with van der Waals surface area (Å²) in [5.74, 6) is -0.139. The van der Waals surface area contributed by atoms with Gasteiger partial charge in [-0.25, -0.2) is 4.79 Å². The summed E-state index contributed by atoms with van der Waals surface area (Å²) >= 11 is 0. The van der Waals surface area contributed by atoms with Crippen molar-refractivity contribution in [3.05, 3.63) is 0 Å². The summed E-state index contributed by atoms with van der Waals surface area (Å²) in [7, 11) is 0. The smallest absolute Gasteiger partial charge is 0.312 e. The van der Waals surface area contributed by atoms with Crippen molar-refractivity contribution in [3.63, 3.8) is 0 Å². The first kappa shape index (κ1) is 12.7. The van der Waals surface area contributed by atoms with Gasteiger partial charge in [-0.3, -0.25) is 4.79 Å². The molecule has 0 aliphatic rings. The molecule has 6 heteroatoms. The van der Waals surface area contributed by atoms with Crippen molar-refractivity contribution in [2.75, 3.05) is 19.6 Å². The number of nitrogens with one attached hydrogen (secondary N) is 2.